The number of halogens is 1. The minimum atomic E-state index is -0.378. The molecular weight excluding hydrogens is 357 g/mol. The number of benzene rings is 2. The van der Waals surface area contributed by atoms with E-state index >= 15 is 0 Å². The number of nitrogen functional groups attached to an aromatic ring is 2. The van der Waals surface area contributed by atoms with Crippen molar-refractivity contribution in [1.29, 1.82) is 0 Å². The highest BCUT2D eigenvalue weighted by molar-refractivity contribution is 5.83. The number of pyridine rings is 1. The minimum absolute atomic E-state index is 0.224. The highest BCUT2D eigenvalue weighted by Crippen LogP contribution is 2.30. The molecule has 2 heterocycles. The number of aromatic nitrogens is 3. The van der Waals surface area contributed by atoms with Crippen LogP contribution in [0.4, 0.5) is 15.9 Å². The van der Waals surface area contributed by atoms with Gasteiger partial charge >= 0.3 is 0 Å². The number of rotatable bonds is 3. The number of nitrogens with one attached hydrogen (secondary N) is 1. The topological polar surface area (TPSA) is 111 Å². The number of anilines is 2. The van der Waals surface area contributed by atoms with Gasteiger partial charge in [-0.15, -0.1) is 0 Å². The molecule has 0 atom stereocenters. The van der Waals surface area contributed by atoms with Crippen LogP contribution in [0.15, 0.2) is 53.3 Å². The molecule has 0 radical (unpaired) electrons. The Kier molecular flexibility index (Phi) is 4.27. The van der Waals surface area contributed by atoms with Crippen LogP contribution in [0, 0.1) is 12.7 Å². The highest BCUT2D eigenvalue weighted by Gasteiger charge is 2.14. The Hall–Kier alpha value is -3.74. The molecule has 2 aromatic heterocycles. The molecule has 4 aromatic rings. The van der Waals surface area contributed by atoms with Crippen LogP contribution in [-0.4, -0.2) is 15.2 Å². The van der Waals surface area contributed by atoms with Gasteiger partial charge in [0.1, 0.15) is 11.6 Å². The second kappa shape index (κ2) is 6.77. The molecule has 0 saturated carbocycles. The summed E-state index contributed by atoms with van der Waals surface area (Å²) in [6.07, 6.45) is 0.432. The molecule has 0 aliphatic heterocycles. The van der Waals surface area contributed by atoms with Crippen molar-refractivity contribution in [3.8, 4) is 11.1 Å². The Morgan fingerprint density at radius 1 is 1.04 bits per heavy atom. The predicted molar refractivity (Wildman–Crippen MR) is 108 cm³/mol. The second-order valence-electron chi connectivity index (χ2n) is 6.63. The van der Waals surface area contributed by atoms with E-state index < -0.39 is 0 Å². The molecular formula is C21H18FN5O. The van der Waals surface area contributed by atoms with Gasteiger partial charge < -0.3 is 11.5 Å². The van der Waals surface area contributed by atoms with Crippen LogP contribution >= 0.6 is 0 Å². The first kappa shape index (κ1) is 17.7. The van der Waals surface area contributed by atoms with Gasteiger partial charge in [-0.1, -0.05) is 24.3 Å². The van der Waals surface area contributed by atoms with Crippen molar-refractivity contribution >= 4 is 22.3 Å². The molecule has 0 aliphatic rings. The number of aryl methyl sites for hydroxylation is 1. The summed E-state index contributed by atoms with van der Waals surface area (Å²) in [4.78, 5) is 16.2. The van der Waals surface area contributed by atoms with E-state index in [1.807, 2.05) is 12.1 Å². The van der Waals surface area contributed by atoms with Crippen LogP contribution in [0.2, 0.25) is 0 Å². The molecule has 0 spiro atoms. The molecule has 0 bridgehead atoms. The third-order valence-electron chi connectivity index (χ3n) is 4.74. The number of fused-ring (bicyclic) bond motifs is 1. The van der Waals surface area contributed by atoms with E-state index in [9.17, 15) is 9.18 Å². The first-order valence-electron chi connectivity index (χ1n) is 8.71. The van der Waals surface area contributed by atoms with Crippen molar-refractivity contribution in [2.24, 2.45) is 0 Å². The van der Waals surface area contributed by atoms with Crippen LogP contribution in [0.5, 0.6) is 0 Å². The number of H-pyrrole nitrogens is 1. The first-order valence-corrected chi connectivity index (χ1v) is 8.71. The van der Waals surface area contributed by atoms with E-state index in [-0.39, 0.29) is 17.2 Å². The lowest BCUT2D eigenvalue weighted by Crippen LogP contribution is -2.11. The second-order valence-corrected chi connectivity index (χ2v) is 6.63. The number of aromatic amines is 1. The fraction of sp³-hybridized carbons (Fsp3) is 0.0952. The van der Waals surface area contributed by atoms with Gasteiger partial charge in [-0.05, 0) is 36.8 Å². The average Bonchev–Trinajstić information content (AvgIpc) is 2.69. The zero-order valence-corrected chi connectivity index (χ0v) is 15.2. The Labute approximate surface area is 160 Å². The number of nitrogens with two attached hydrogens (primary N) is 2. The van der Waals surface area contributed by atoms with Crippen LogP contribution in [-0.2, 0) is 6.42 Å². The first-order chi connectivity index (χ1) is 13.4. The van der Waals surface area contributed by atoms with Crippen molar-refractivity contribution in [3.63, 3.8) is 0 Å². The largest absolute Gasteiger partial charge is 0.396 e. The quantitative estimate of drug-likeness (QED) is 0.509. The molecule has 4 rings (SSSR count). The molecule has 140 valence electrons. The summed E-state index contributed by atoms with van der Waals surface area (Å²) in [6, 6.07) is 13.7. The third-order valence-corrected chi connectivity index (χ3v) is 4.74. The molecule has 28 heavy (non-hydrogen) atoms. The minimum Gasteiger partial charge on any atom is -0.396 e. The van der Waals surface area contributed by atoms with Crippen LogP contribution in [0.25, 0.3) is 21.9 Å². The van der Waals surface area contributed by atoms with E-state index in [1.54, 1.807) is 37.3 Å². The molecule has 7 heteroatoms. The molecule has 2 aromatic carbocycles. The Morgan fingerprint density at radius 2 is 1.79 bits per heavy atom. The highest BCUT2D eigenvalue weighted by atomic mass is 19.1. The standard InChI is InChI=1S/C21H18FN5O/c1-11-15(10-18(23)20(24)25-11)16-8-12(6-7-17(16)22)9-19-13-4-2-3-5-14(13)21(28)27-26-19/h2-8,10H,9,23H2,1H3,(H2,24,25)(H,27,28). The zero-order valence-electron chi connectivity index (χ0n) is 15.2. The van der Waals surface area contributed by atoms with E-state index in [0.717, 1.165) is 10.9 Å². The maximum absolute atomic E-state index is 14.5. The summed E-state index contributed by atoms with van der Waals surface area (Å²) in [7, 11) is 0. The summed E-state index contributed by atoms with van der Waals surface area (Å²) in [5.74, 6) is -0.154. The summed E-state index contributed by atoms with van der Waals surface area (Å²) in [5, 5.41) is 8.05. The number of hydrogen-bond acceptors (Lipinski definition) is 5. The summed E-state index contributed by atoms with van der Waals surface area (Å²) < 4.78 is 14.5. The maximum Gasteiger partial charge on any atom is 0.272 e. The van der Waals surface area contributed by atoms with Gasteiger partial charge in [0.05, 0.1) is 16.8 Å². The predicted octanol–water partition coefficient (Wildman–Crippen LogP) is 3.19. The van der Waals surface area contributed by atoms with Crippen LogP contribution in [0.3, 0.4) is 0 Å². The monoisotopic (exact) mass is 375 g/mol. The molecule has 0 aliphatic carbocycles. The van der Waals surface area contributed by atoms with E-state index in [0.29, 0.717) is 40.0 Å². The molecule has 6 nitrogen and oxygen atoms in total. The fourth-order valence-corrected chi connectivity index (χ4v) is 3.30. The van der Waals surface area contributed by atoms with Crippen molar-refractivity contribution < 1.29 is 4.39 Å². The van der Waals surface area contributed by atoms with Gasteiger partial charge in [0, 0.05) is 28.6 Å². The lowest BCUT2D eigenvalue weighted by molar-refractivity contribution is 0.630. The van der Waals surface area contributed by atoms with Gasteiger partial charge in [-0.3, -0.25) is 4.79 Å². The normalized spacial score (nSPS) is 11.1. The van der Waals surface area contributed by atoms with E-state index in [4.69, 9.17) is 11.5 Å². The molecule has 0 amide bonds. The SMILES string of the molecule is Cc1nc(N)c(N)cc1-c1cc(Cc2n[nH]c(=O)c3ccccc23)ccc1F. The van der Waals surface area contributed by atoms with Crippen molar-refractivity contribution in [3.05, 3.63) is 81.7 Å². The van der Waals surface area contributed by atoms with E-state index in [1.165, 1.54) is 6.07 Å². The molecule has 0 saturated heterocycles. The summed E-state index contributed by atoms with van der Waals surface area (Å²) in [6.45, 7) is 1.76. The Bertz CT molecular complexity index is 1270. The molecule has 0 fully saturated rings. The Morgan fingerprint density at radius 3 is 2.57 bits per heavy atom. The summed E-state index contributed by atoms with van der Waals surface area (Å²) >= 11 is 0. The maximum atomic E-state index is 14.5. The van der Waals surface area contributed by atoms with E-state index in [2.05, 4.69) is 15.2 Å². The van der Waals surface area contributed by atoms with Gasteiger partial charge in [-0.25, -0.2) is 14.5 Å². The van der Waals surface area contributed by atoms with Gasteiger partial charge in [0.25, 0.3) is 5.56 Å². The zero-order chi connectivity index (χ0) is 19.8. The number of hydrogen-bond donors (Lipinski definition) is 3. The molecule has 5 N–H and O–H groups in total. The van der Waals surface area contributed by atoms with Gasteiger partial charge in [-0.2, -0.15) is 5.10 Å². The lowest BCUT2D eigenvalue weighted by atomic mass is 9.98. The van der Waals surface area contributed by atoms with Crippen molar-refractivity contribution in [2.75, 3.05) is 11.5 Å². The third kappa shape index (κ3) is 3.07. The van der Waals surface area contributed by atoms with Crippen molar-refractivity contribution in [1.82, 2.24) is 15.2 Å². The van der Waals surface area contributed by atoms with Crippen molar-refractivity contribution in [2.45, 2.75) is 13.3 Å². The van der Waals surface area contributed by atoms with Crippen LogP contribution < -0.4 is 17.0 Å². The van der Waals surface area contributed by atoms with Gasteiger partial charge in [0.2, 0.25) is 0 Å². The Balaban J connectivity index is 1.80. The lowest BCUT2D eigenvalue weighted by Gasteiger charge is -2.12. The number of nitrogens with zero attached hydrogens (tertiary/aromatic N) is 2. The van der Waals surface area contributed by atoms with Gasteiger partial charge in [0.15, 0.2) is 0 Å². The molecule has 0 unspecified atom stereocenters. The summed E-state index contributed by atoms with van der Waals surface area (Å²) in [5.41, 5.74) is 14.8. The average molecular weight is 375 g/mol. The smallest absolute Gasteiger partial charge is 0.272 e. The fourth-order valence-electron chi connectivity index (χ4n) is 3.30. The van der Waals surface area contributed by atoms with Crippen LogP contribution in [0.1, 0.15) is 17.0 Å².